The molecule has 4 heteroatoms. The van der Waals surface area contributed by atoms with Gasteiger partial charge in [0.1, 0.15) is 6.04 Å². The van der Waals surface area contributed by atoms with Crippen molar-refractivity contribution in [3.05, 3.63) is 76.5 Å². The highest BCUT2D eigenvalue weighted by molar-refractivity contribution is 6.01. The molecule has 2 aromatic carbocycles. The van der Waals surface area contributed by atoms with E-state index in [1.54, 1.807) is 6.92 Å². The Balaban J connectivity index is 2.16. The molecule has 0 amide bonds. The van der Waals surface area contributed by atoms with Crippen LogP contribution in [-0.4, -0.2) is 26.8 Å². The van der Waals surface area contributed by atoms with Gasteiger partial charge in [-0.25, -0.2) is 0 Å². The molecule has 0 fully saturated rings. The molecule has 1 heterocycles. The van der Waals surface area contributed by atoms with Gasteiger partial charge in [0.25, 0.3) is 5.66 Å². The monoisotopic (exact) mass is 296 g/mol. The minimum atomic E-state index is -1.13. The van der Waals surface area contributed by atoms with Gasteiger partial charge in [-0.15, -0.1) is 5.06 Å². The van der Waals surface area contributed by atoms with E-state index < -0.39 is 5.66 Å². The average molecular weight is 296 g/mol. The fraction of sp³-hybridized carbons (Fsp3) is 0.278. The van der Waals surface area contributed by atoms with Gasteiger partial charge >= 0.3 is 0 Å². The van der Waals surface area contributed by atoms with Crippen molar-refractivity contribution in [3.63, 3.8) is 0 Å². The van der Waals surface area contributed by atoms with Crippen LogP contribution in [0.5, 0.6) is 0 Å². The first-order chi connectivity index (χ1) is 10.5. The average Bonchev–Trinajstić information content (AvgIpc) is 2.71. The van der Waals surface area contributed by atoms with E-state index in [0.717, 1.165) is 26.5 Å². The quantitative estimate of drug-likeness (QED) is 0.683. The van der Waals surface area contributed by atoms with Crippen LogP contribution in [0, 0.1) is 12.1 Å². The van der Waals surface area contributed by atoms with E-state index in [9.17, 15) is 10.4 Å². The van der Waals surface area contributed by atoms with Crippen LogP contribution in [0.15, 0.2) is 54.6 Å². The lowest BCUT2D eigenvalue weighted by molar-refractivity contribution is -0.595. The molecule has 0 unspecified atom stereocenters. The first-order valence-corrected chi connectivity index (χ1v) is 7.41. The summed E-state index contributed by atoms with van der Waals surface area (Å²) < 4.78 is 0.928. The number of rotatable bonds is 2. The molecule has 0 saturated heterocycles. The number of aryl methyl sites for hydroxylation is 1. The van der Waals surface area contributed by atoms with Crippen LogP contribution in [0.25, 0.3) is 0 Å². The van der Waals surface area contributed by atoms with Crippen molar-refractivity contribution >= 4 is 5.71 Å². The van der Waals surface area contributed by atoms with Crippen molar-refractivity contribution in [2.24, 2.45) is 0 Å². The molecule has 0 spiro atoms. The van der Waals surface area contributed by atoms with Crippen molar-refractivity contribution in [2.75, 3.05) is 0 Å². The van der Waals surface area contributed by atoms with Gasteiger partial charge in [-0.2, -0.15) is 4.74 Å². The zero-order chi connectivity index (χ0) is 15.9. The van der Waals surface area contributed by atoms with Crippen molar-refractivity contribution < 1.29 is 9.95 Å². The lowest BCUT2D eigenvalue weighted by atomic mass is 10.0. The standard InChI is InChI=1S/C18H20N2O2/c1-13-9-11-16(12-10-13)18(3)19(21)14(2)17(20(18)22)15-7-5-4-6-8-15/h4-12,14,21H,1-3H3/t14-,18+/m1/s1. The minimum absolute atomic E-state index is 0.383. The van der Waals surface area contributed by atoms with Gasteiger partial charge < -0.3 is 10.4 Å². The molecule has 1 aliphatic rings. The summed E-state index contributed by atoms with van der Waals surface area (Å²) in [4.78, 5) is 0. The molecular formula is C18H20N2O2. The van der Waals surface area contributed by atoms with Gasteiger partial charge in [-0.3, -0.25) is 0 Å². The molecule has 114 valence electrons. The minimum Gasteiger partial charge on any atom is -0.622 e. The SMILES string of the molecule is Cc1ccc([C@@]2(C)N(O)[C@H](C)C(c3ccccc3)=[N+]2[O-])cc1. The first kappa shape index (κ1) is 14.8. The van der Waals surface area contributed by atoms with Crippen molar-refractivity contribution in [1.82, 2.24) is 5.06 Å². The molecule has 2 aromatic rings. The Bertz CT molecular complexity index is 710. The van der Waals surface area contributed by atoms with Crippen molar-refractivity contribution in [3.8, 4) is 0 Å². The van der Waals surface area contributed by atoms with E-state index in [1.165, 1.54) is 0 Å². The number of benzene rings is 2. The van der Waals surface area contributed by atoms with Crippen LogP contribution in [0.2, 0.25) is 0 Å². The zero-order valence-electron chi connectivity index (χ0n) is 13.0. The summed E-state index contributed by atoms with van der Waals surface area (Å²) >= 11 is 0. The van der Waals surface area contributed by atoms with E-state index in [2.05, 4.69) is 0 Å². The second-order valence-electron chi connectivity index (χ2n) is 5.95. The maximum absolute atomic E-state index is 13.0. The normalized spacial score (nSPS) is 25.7. The van der Waals surface area contributed by atoms with Gasteiger partial charge in [-0.05, 0) is 26.0 Å². The number of hydroxylamine groups is 3. The Morgan fingerprint density at radius 2 is 1.68 bits per heavy atom. The molecule has 1 aliphatic heterocycles. The van der Waals surface area contributed by atoms with Gasteiger partial charge in [0.2, 0.25) is 5.71 Å². The predicted octanol–water partition coefficient (Wildman–Crippen LogP) is 3.26. The lowest BCUT2D eigenvalue weighted by Crippen LogP contribution is -2.45. The molecule has 0 saturated carbocycles. The topological polar surface area (TPSA) is 49.5 Å². The summed E-state index contributed by atoms with van der Waals surface area (Å²) in [5, 5.41) is 24.8. The van der Waals surface area contributed by atoms with E-state index in [-0.39, 0.29) is 6.04 Å². The summed E-state index contributed by atoms with van der Waals surface area (Å²) in [6, 6.07) is 16.8. The summed E-state index contributed by atoms with van der Waals surface area (Å²) in [5.74, 6) is 0. The highest BCUT2D eigenvalue weighted by atomic mass is 16.6. The first-order valence-electron chi connectivity index (χ1n) is 7.41. The summed E-state index contributed by atoms with van der Waals surface area (Å²) in [5.41, 5.74) is 2.17. The van der Waals surface area contributed by atoms with Crippen LogP contribution < -0.4 is 0 Å². The molecule has 4 nitrogen and oxygen atoms in total. The number of hydrogen-bond donors (Lipinski definition) is 1. The Kier molecular flexibility index (Phi) is 3.51. The maximum atomic E-state index is 13.0. The van der Waals surface area contributed by atoms with Gasteiger partial charge in [0, 0.05) is 18.1 Å². The molecule has 0 aromatic heterocycles. The van der Waals surface area contributed by atoms with Crippen LogP contribution in [0.3, 0.4) is 0 Å². The van der Waals surface area contributed by atoms with Crippen LogP contribution >= 0.6 is 0 Å². The molecule has 0 bridgehead atoms. The Morgan fingerprint density at radius 3 is 2.27 bits per heavy atom. The largest absolute Gasteiger partial charge is 0.622 e. The highest BCUT2D eigenvalue weighted by Gasteiger charge is 2.54. The summed E-state index contributed by atoms with van der Waals surface area (Å²) in [6.07, 6.45) is 0. The van der Waals surface area contributed by atoms with Crippen LogP contribution in [0.4, 0.5) is 0 Å². The van der Waals surface area contributed by atoms with Gasteiger partial charge in [-0.1, -0.05) is 48.0 Å². The number of nitrogens with zero attached hydrogens (tertiary/aromatic N) is 2. The van der Waals surface area contributed by atoms with E-state index in [4.69, 9.17) is 0 Å². The van der Waals surface area contributed by atoms with Crippen molar-refractivity contribution in [1.29, 1.82) is 0 Å². The molecule has 0 aliphatic carbocycles. The van der Waals surface area contributed by atoms with Gasteiger partial charge in [0.15, 0.2) is 0 Å². The fourth-order valence-corrected chi connectivity index (χ4v) is 3.08. The number of hydrogen-bond acceptors (Lipinski definition) is 3. The summed E-state index contributed by atoms with van der Waals surface area (Å²) in [6.45, 7) is 5.58. The maximum Gasteiger partial charge on any atom is 0.274 e. The van der Waals surface area contributed by atoms with Crippen LogP contribution in [0.1, 0.15) is 30.5 Å². The third kappa shape index (κ3) is 2.03. The molecule has 3 rings (SSSR count). The molecule has 0 radical (unpaired) electrons. The summed E-state index contributed by atoms with van der Waals surface area (Å²) in [7, 11) is 0. The fourth-order valence-electron chi connectivity index (χ4n) is 3.08. The molecular weight excluding hydrogens is 276 g/mol. The van der Waals surface area contributed by atoms with Crippen molar-refractivity contribution in [2.45, 2.75) is 32.5 Å². The van der Waals surface area contributed by atoms with Gasteiger partial charge in [0.05, 0.1) is 0 Å². The second-order valence-corrected chi connectivity index (χ2v) is 5.95. The highest BCUT2D eigenvalue weighted by Crippen LogP contribution is 2.36. The Hall–Kier alpha value is -2.17. The second kappa shape index (κ2) is 5.23. The smallest absolute Gasteiger partial charge is 0.274 e. The third-order valence-corrected chi connectivity index (χ3v) is 4.49. The third-order valence-electron chi connectivity index (χ3n) is 4.49. The molecule has 2 atom stereocenters. The lowest BCUT2D eigenvalue weighted by Gasteiger charge is -2.29. The Labute approximate surface area is 130 Å². The van der Waals surface area contributed by atoms with Crippen LogP contribution in [-0.2, 0) is 5.66 Å². The van der Waals surface area contributed by atoms with E-state index in [1.807, 2.05) is 68.4 Å². The molecule has 1 N–H and O–H groups in total. The zero-order valence-corrected chi connectivity index (χ0v) is 13.0. The van der Waals surface area contributed by atoms with E-state index >= 15 is 0 Å². The predicted molar refractivity (Wildman–Crippen MR) is 85.8 cm³/mol. The molecule has 22 heavy (non-hydrogen) atoms. The Morgan fingerprint density at radius 1 is 1.09 bits per heavy atom. The van der Waals surface area contributed by atoms with E-state index in [0.29, 0.717) is 5.71 Å².